The van der Waals surface area contributed by atoms with E-state index in [1.807, 2.05) is 54.8 Å². The van der Waals surface area contributed by atoms with Crippen molar-refractivity contribution in [1.29, 1.82) is 0 Å². The Morgan fingerprint density at radius 1 is 1.04 bits per heavy atom. The first-order chi connectivity index (χ1) is 11.6. The fraction of sp³-hybridized carbons (Fsp3) is 0.167. The Morgan fingerprint density at radius 3 is 2.17 bits per heavy atom. The second-order valence-electron chi connectivity index (χ2n) is 5.56. The van der Waals surface area contributed by atoms with Gasteiger partial charge < -0.3 is 0 Å². The van der Waals surface area contributed by atoms with E-state index in [1.165, 1.54) is 23.1 Å². The summed E-state index contributed by atoms with van der Waals surface area (Å²) in [5.74, 6) is 0.0604. The molecule has 2 aromatic heterocycles. The van der Waals surface area contributed by atoms with Crippen molar-refractivity contribution in [2.45, 2.75) is 23.4 Å². The van der Waals surface area contributed by atoms with Crippen molar-refractivity contribution in [2.24, 2.45) is 0 Å². The van der Waals surface area contributed by atoms with E-state index in [1.54, 1.807) is 0 Å². The number of hydrogen-bond donors (Lipinski definition) is 0. The third-order valence-electron chi connectivity index (χ3n) is 3.93. The Kier molecular flexibility index (Phi) is 3.86. The topological polar surface area (TPSA) is 47.8 Å². The molecular formula is C18H15N3OS2. The molecule has 0 bridgehead atoms. The molecule has 4 rings (SSSR count). The maximum atomic E-state index is 13.1. The van der Waals surface area contributed by atoms with Crippen molar-refractivity contribution in [2.75, 3.05) is 0 Å². The van der Waals surface area contributed by atoms with E-state index >= 15 is 0 Å². The monoisotopic (exact) mass is 353 g/mol. The molecule has 0 N–H and O–H groups in total. The molecule has 24 heavy (non-hydrogen) atoms. The van der Waals surface area contributed by atoms with Crippen LogP contribution in [0.15, 0.2) is 52.9 Å². The van der Waals surface area contributed by atoms with Crippen molar-refractivity contribution < 1.29 is 4.79 Å². The van der Waals surface area contributed by atoms with Crippen molar-refractivity contribution in [3.05, 3.63) is 53.5 Å². The number of para-hydroxylation sites is 2. The smallest absolute Gasteiger partial charge is 0.244 e. The Bertz CT molecular complexity index is 997. The quantitative estimate of drug-likeness (QED) is 0.498. The minimum atomic E-state index is -0.239. The molecule has 4 aromatic rings. The number of benzene rings is 2. The molecule has 6 heteroatoms. The van der Waals surface area contributed by atoms with Gasteiger partial charge in [0.05, 0.1) is 16.3 Å². The predicted octanol–water partition coefficient (Wildman–Crippen LogP) is 4.78. The van der Waals surface area contributed by atoms with Crippen LogP contribution in [0.1, 0.15) is 16.7 Å². The predicted molar refractivity (Wildman–Crippen MR) is 100 cm³/mol. The van der Waals surface area contributed by atoms with Crippen molar-refractivity contribution in [3.63, 3.8) is 0 Å². The van der Waals surface area contributed by atoms with Crippen molar-refractivity contribution in [1.82, 2.24) is 14.8 Å². The van der Waals surface area contributed by atoms with Gasteiger partial charge in [0.15, 0.2) is 4.34 Å². The zero-order valence-corrected chi connectivity index (χ0v) is 14.9. The number of aromatic nitrogens is 3. The lowest BCUT2D eigenvalue weighted by Crippen LogP contribution is -2.21. The van der Waals surface area contributed by atoms with Gasteiger partial charge in [0, 0.05) is 10.8 Å². The number of aryl methyl sites for hydroxylation is 1. The second-order valence-corrected chi connectivity index (χ2v) is 8.32. The number of hydrogen-bond acceptors (Lipinski definition) is 5. The Hall–Kier alpha value is -2.18. The summed E-state index contributed by atoms with van der Waals surface area (Å²) < 4.78 is 2.66. The minimum absolute atomic E-state index is 0.0604. The highest BCUT2D eigenvalue weighted by Crippen LogP contribution is 2.32. The first kappa shape index (κ1) is 15.4. The number of fused-ring (bicyclic) bond motifs is 3. The van der Waals surface area contributed by atoms with Crippen LogP contribution in [0.25, 0.3) is 21.8 Å². The normalized spacial score (nSPS) is 12.8. The summed E-state index contributed by atoms with van der Waals surface area (Å²) in [6, 6.07) is 16.1. The zero-order chi connectivity index (χ0) is 16.7. The number of rotatable bonds is 3. The van der Waals surface area contributed by atoms with Gasteiger partial charge in [0.25, 0.3) is 0 Å². The number of thioether (sulfide) groups is 1. The van der Waals surface area contributed by atoms with Gasteiger partial charge in [0.1, 0.15) is 5.01 Å². The molecule has 2 aromatic carbocycles. The molecule has 0 fully saturated rings. The van der Waals surface area contributed by atoms with E-state index in [4.69, 9.17) is 0 Å². The molecule has 0 unspecified atom stereocenters. The van der Waals surface area contributed by atoms with E-state index in [-0.39, 0.29) is 11.2 Å². The van der Waals surface area contributed by atoms with Crippen LogP contribution in [0.5, 0.6) is 0 Å². The molecule has 0 radical (unpaired) electrons. The third kappa shape index (κ3) is 2.52. The van der Waals surface area contributed by atoms with Gasteiger partial charge in [-0.3, -0.25) is 9.36 Å². The van der Waals surface area contributed by atoms with Crippen LogP contribution in [0.3, 0.4) is 0 Å². The molecule has 0 spiro atoms. The Labute approximate surface area is 147 Å². The molecule has 1 atom stereocenters. The number of carbonyl (C=O) groups excluding carboxylic acids is 1. The summed E-state index contributed by atoms with van der Waals surface area (Å²) in [5, 5.41) is 11.0. The highest BCUT2D eigenvalue weighted by molar-refractivity contribution is 8.02. The molecule has 0 saturated carbocycles. The standard InChI is InChI=1S/C18H15N3OS2/c1-11(23-18-20-19-12(2)24-18)17(22)21-15-9-5-3-7-13(15)14-8-4-6-10-16(14)21/h3-11H,1-2H3/t11-/m0/s1. The van der Waals surface area contributed by atoms with Gasteiger partial charge in [-0.05, 0) is 26.0 Å². The van der Waals surface area contributed by atoms with Crippen LogP contribution in [-0.4, -0.2) is 25.9 Å². The number of nitrogens with zero attached hydrogens (tertiary/aromatic N) is 3. The molecule has 0 aliphatic rings. The van der Waals surface area contributed by atoms with Crippen LogP contribution in [-0.2, 0) is 0 Å². The SMILES string of the molecule is Cc1nnc(S[C@@H](C)C(=O)n2c3ccccc3c3ccccc32)s1. The highest BCUT2D eigenvalue weighted by atomic mass is 32.2. The molecule has 0 aliphatic carbocycles. The molecule has 0 saturated heterocycles. The fourth-order valence-corrected chi connectivity index (χ4v) is 4.87. The highest BCUT2D eigenvalue weighted by Gasteiger charge is 2.22. The summed E-state index contributed by atoms with van der Waals surface area (Å²) in [6.45, 7) is 3.84. The van der Waals surface area contributed by atoms with Crippen LogP contribution >= 0.6 is 23.1 Å². The lowest BCUT2D eigenvalue weighted by atomic mass is 10.2. The van der Waals surface area contributed by atoms with Gasteiger partial charge in [-0.1, -0.05) is 59.5 Å². The second kappa shape index (κ2) is 6.03. The average molecular weight is 353 g/mol. The summed E-state index contributed by atoms with van der Waals surface area (Å²) >= 11 is 2.98. The maximum absolute atomic E-state index is 13.1. The van der Waals surface area contributed by atoms with Gasteiger partial charge >= 0.3 is 0 Å². The summed E-state index contributed by atoms with van der Waals surface area (Å²) in [6.07, 6.45) is 0. The summed E-state index contributed by atoms with van der Waals surface area (Å²) in [5.41, 5.74) is 1.90. The zero-order valence-electron chi connectivity index (χ0n) is 13.3. The maximum Gasteiger partial charge on any atom is 0.244 e. The van der Waals surface area contributed by atoms with Gasteiger partial charge in [-0.25, -0.2) is 0 Å². The van der Waals surface area contributed by atoms with E-state index in [2.05, 4.69) is 22.3 Å². The largest absolute Gasteiger partial charge is 0.279 e. The van der Waals surface area contributed by atoms with Gasteiger partial charge in [-0.15, -0.1) is 10.2 Å². The van der Waals surface area contributed by atoms with Crippen LogP contribution < -0.4 is 0 Å². The lowest BCUT2D eigenvalue weighted by molar-refractivity contribution is 0.0925. The molecule has 2 heterocycles. The average Bonchev–Trinajstić information content (AvgIpc) is 3.15. The van der Waals surface area contributed by atoms with Crippen LogP contribution in [0.4, 0.5) is 0 Å². The van der Waals surface area contributed by atoms with Crippen LogP contribution in [0, 0.1) is 6.92 Å². The summed E-state index contributed by atoms with van der Waals surface area (Å²) in [7, 11) is 0. The van der Waals surface area contributed by atoms with Crippen molar-refractivity contribution >= 4 is 50.8 Å². The van der Waals surface area contributed by atoms with E-state index in [0.717, 1.165) is 31.2 Å². The molecule has 0 aliphatic heterocycles. The Balaban J connectivity index is 1.80. The Morgan fingerprint density at radius 2 is 1.62 bits per heavy atom. The van der Waals surface area contributed by atoms with E-state index in [9.17, 15) is 4.79 Å². The van der Waals surface area contributed by atoms with E-state index in [0.29, 0.717) is 0 Å². The molecule has 4 nitrogen and oxygen atoms in total. The molecule has 120 valence electrons. The summed E-state index contributed by atoms with van der Waals surface area (Å²) in [4.78, 5) is 13.1. The number of carbonyl (C=O) groups is 1. The third-order valence-corrected chi connectivity index (χ3v) is 5.94. The van der Waals surface area contributed by atoms with Crippen molar-refractivity contribution in [3.8, 4) is 0 Å². The van der Waals surface area contributed by atoms with Gasteiger partial charge in [-0.2, -0.15) is 0 Å². The minimum Gasteiger partial charge on any atom is -0.279 e. The van der Waals surface area contributed by atoms with Crippen LogP contribution in [0.2, 0.25) is 0 Å². The lowest BCUT2D eigenvalue weighted by Gasteiger charge is -2.11. The molecule has 0 amide bonds. The van der Waals surface area contributed by atoms with Gasteiger partial charge in [0.2, 0.25) is 5.91 Å². The first-order valence-electron chi connectivity index (χ1n) is 7.64. The first-order valence-corrected chi connectivity index (χ1v) is 9.34. The van der Waals surface area contributed by atoms with E-state index < -0.39 is 0 Å². The fourth-order valence-electron chi connectivity index (χ4n) is 2.87. The molecular weight excluding hydrogens is 338 g/mol.